The summed E-state index contributed by atoms with van der Waals surface area (Å²) >= 11 is 6.37. The molecule has 1 aromatic rings. The maximum absolute atomic E-state index is 12.4. The van der Waals surface area contributed by atoms with Gasteiger partial charge in [0, 0.05) is 39.8 Å². The van der Waals surface area contributed by atoms with Crippen molar-refractivity contribution in [2.24, 2.45) is 0 Å². The van der Waals surface area contributed by atoms with Crippen LogP contribution in [0.4, 0.5) is 16.2 Å². The number of benzene rings is 1. The van der Waals surface area contributed by atoms with E-state index < -0.39 is 6.09 Å². The van der Waals surface area contributed by atoms with E-state index in [1.165, 1.54) is 6.07 Å². The van der Waals surface area contributed by atoms with E-state index >= 15 is 0 Å². The van der Waals surface area contributed by atoms with Crippen LogP contribution in [-0.2, 0) is 4.79 Å². The lowest BCUT2D eigenvalue weighted by molar-refractivity contribution is -0.140. The molecule has 0 radical (unpaired) electrons. The molecule has 0 aliphatic carbocycles. The number of amides is 2. The van der Waals surface area contributed by atoms with E-state index in [2.05, 4.69) is 10.2 Å². The molecule has 1 atom stereocenters. The number of carboxylic acid groups (broad SMARTS) is 1. The third-order valence-electron chi connectivity index (χ3n) is 4.64. The zero-order valence-electron chi connectivity index (χ0n) is 13.7. The lowest BCUT2D eigenvalue weighted by Gasteiger charge is -2.46. The Kier molecular flexibility index (Phi) is 4.70. The van der Waals surface area contributed by atoms with Crippen LogP contribution in [-0.4, -0.2) is 72.7 Å². The van der Waals surface area contributed by atoms with Crippen molar-refractivity contribution < 1.29 is 14.7 Å². The van der Waals surface area contributed by atoms with Crippen LogP contribution in [0, 0.1) is 11.3 Å². The first-order valence-corrected chi connectivity index (χ1v) is 8.26. The maximum Gasteiger partial charge on any atom is 0.409 e. The molecule has 2 aliphatic rings. The van der Waals surface area contributed by atoms with Crippen LogP contribution in [0.1, 0.15) is 5.56 Å². The molecule has 0 spiro atoms. The summed E-state index contributed by atoms with van der Waals surface area (Å²) in [5.74, 6) is 0.0624. The molecule has 2 fully saturated rings. The minimum atomic E-state index is -1.25. The Labute approximate surface area is 150 Å². The van der Waals surface area contributed by atoms with Crippen molar-refractivity contribution in [3.63, 3.8) is 0 Å². The Morgan fingerprint density at radius 2 is 2.08 bits per heavy atom. The lowest BCUT2D eigenvalue weighted by atomic mass is 10.1. The van der Waals surface area contributed by atoms with Crippen LogP contribution in [0.15, 0.2) is 12.1 Å². The number of carbonyl (C=O) groups is 2. The third-order valence-corrected chi connectivity index (χ3v) is 5.04. The molecule has 1 unspecified atom stereocenters. The van der Waals surface area contributed by atoms with Gasteiger partial charge in [0.15, 0.2) is 0 Å². The zero-order chi connectivity index (χ0) is 18.1. The first-order valence-electron chi connectivity index (χ1n) is 7.88. The van der Waals surface area contributed by atoms with E-state index in [0.29, 0.717) is 37.4 Å². The van der Waals surface area contributed by atoms with Crippen LogP contribution in [0.2, 0.25) is 5.02 Å². The van der Waals surface area contributed by atoms with Crippen LogP contribution < -0.4 is 10.2 Å². The highest BCUT2D eigenvalue weighted by Gasteiger charge is 2.37. The fourth-order valence-corrected chi connectivity index (χ4v) is 3.57. The van der Waals surface area contributed by atoms with Gasteiger partial charge in [0.2, 0.25) is 5.91 Å². The number of nitrogens with one attached hydrogen (secondary N) is 1. The number of likely N-dealkylation sites (N-methyl/N-ethyl adjacent to an activating group) is 1. The first kappa shape index (κ1) is 17.3. The predicted octanol–water partition coefficient (Wildman–Crippen LogP) is 1.26. The van der Waals surface area contributed by atoms with Gasteiger partial charge in [-0.3, -0.25) is 15.0 Å². The second kappa shape index (κ2) is 6.78. The summed E-state index contributed by atoms with van der Waals surface area (Å²) in [4.78, 5) is 29.2. The van der Waals surface area contributed by atoms with Crippen molar-refractivity contribution in [1.29, 1.82) is 5.26 Å². The standard InChI is InChI=1S/C16H18ClN5O3/c1-20-2-3-21-4-5-22(9-13(21)15(20)23)12-7-10(8-18)6-11(14(12)17)19-16(24)25/h6-7,13,19H,2-5,9H2,1H3,(H,24,25). The number of nitriles is 1. The Morgan fingerprint density at radius 3 is 2.76 bits per heavy atom. The van der Waals surface area contributed by atoms with Gasteiger partial charge in [0.05, 0.1) is 28.0 Å². The van der Waals surface area contributed by atoms with Gasteiger partial charge in [-0.25, -0.2) is 4.79 Å². The molecule has 2 N–H and O–H groups in total. The van der Waals surface area contributed by atoms with Crippen LogP contribution >= 0.6 is 11.6 Å². The summed E-state index contributed by atoms with van der Waals surface area (Å²) in [5.41, 5.74) is 1.03. The van der Waals surface area contributed by atoms with Gasteiger partial charge >= 0.3 is 6.09 Å². The summed E-state index contributed by atoms with van der Waals surface area (Å²) in [6, 6.07) is 4.78. The number of hydrogen-bond donors (Lipinski definition) is 2. The second-order valence-corrected chi connectivity index (χ2v) is 6.53. The fourth-order valence-electron chi connectivity index (χ4n) is 3.29. The normalized spacial score (nSPS) is 20.8. The molecule has 25 heavy (non-hydrogen) atoms. The van der Waals surface area contributed by atoms with Crippen LogP contribution in [0.3, 0.4) is 0 Å². The van der Waals surface area contributed by atoms with Crippen LogP contribution in [0.25, 0.3) is 0 Å². The quantitative estimate of drug-likeness (QED) is 0.820. The molecule has 0 aromatic heterocycles. The highest BCUT2D eigenvalue weighted by molar-refractivity contribution is 6.36. The van der Waals surface area contributed by atoms with Crippen LogP contribution in [0.5, 0.6) is 0 Å². The number of piperazine rings is 2. The largest absolute Gasteiger partial charge is 0.465 e. The van der Waals surface area contributed by atoms with Gasteiger partial charge in [-0.15, -0.1) is 0 Å². The Hall–Kier alpha value is -2.50. The lowest BCUT2D eigenvalue weighted by Crippen LogP contribution is -2.64. The Morgan fingerprint density at radius 1 is 1.36 bits per heavy atom. The predicted molar refractivity (Wildman–Crippen MR) is 93.0 cm³/mol. The van der Waals surface area contributed by atoms with E-state index in [1.54, 1.807) is 18.0 Å². The molecule has 132 valence electrons. The minimum Gasteiger partial charge on any atom is -0.465 e. The third kappa shape index (κ3) is 3.34. The molecule has 8 nitrogen and oxygen atoms in total. The molecule has 1 aromatic carbocycles. The van der Waals surface area contributed by atoms with E-state index in [1.807, 2.05) is 11.0 Å². The van der Waals surface area contributed by atoms with Crippen molar-refractivity contribution in [2.75, 3.05) is 50.0 Å². The molecule has 3 rings (SSSR count). The summed E-state index contributed by atoms with van der Waals surface area (Å²) in [5, 5.41) is 20.6. The zero-order valence-corrected chi connectivity index (χ0v) is 14.5. The summed E-state index contributed by atoms with van der Waals surface area (Å²) in [7, 11) is 1.79. The Bertz CT molecular complexity index is 763. The number of fused-ring (bicyclic) bond motifs is 1. The van der Waals surface area contributed by atoms with E-state index in [9.17, 15) is 14.9 Å². The smallest absolute Gasteiger partial charge is 0.409 e. The average Bonchev–Trinajstić information content (AvgIpc) is 2.59. The number of halogens is 1. The average molecular weight is 364 g/mol. The van der Waals surface area contributed by atoms with Gasteiger partial charge in [-0.1, -0.05) is 11.6 Å². The number of nitrogens with zero attached hydrogens (tertiary/aromatic N) is 4. The highest BCUT2D eigenvalue weighted by Crippen LogP contribution is 2.36. The first-order chi connectivity index (χ1) is 11.9. The molecule has 2 amide bonds. The van der Waals surface area contributed by atoms with Gasteiger partial charge < -0.3 is 14.9 Å². The molecule has 0 bridgehead atoms. The van der Waals surface area contributed by atoms with E-state index in [4.69, 9.17) is 16.7 Å². The SMILES string of the molecule is CN1CCN2CCN(c3cc(C#N)cc(NC(=O)O)c3Cl)CC2C1=O. The number of rotatable bonds is 2. The topological polar surface area (TPSA) is 99.9 Å². The number of carbonyl (C=O) groups excluding carboxylic acids is 1. The Balaban J connectivity index is 1.92. The fraction of sp³-hybridized carbons (Fsp3) is 0.438. The van der Waals surface area contributed by atoms with Crippen molar-refractivity contribution in [3.8, 4) is 6.07 Å². The van der Waals surface area contributed by atoms with E-state index in [0.717, 1.165) is 6.54 Å². The van der Waals surface area contributed by atoms with Gasteiger partial charge in [0.1, 0.15) is 6.04 Å². The van der Waals surface area contributed by atoms with Crippen molar-refractivity contribution >= 4 is 35.0 Å². The van der Waals surface area contributed by atoms with Gasteiger partial charge in [0.25, 0.3) is 0 Å². The molecule has 9 heteroatoms. The monoisotopic (exact) mass is 363 g/mol. The molecule has 2 saturated heterocycles. The van der Waals surface area contributed by atoms with Gasteiger partial charge in [-0.2, -0.15) is 5.26 Å². The maximum atomic E-state index is 12.4. The summed E-state index contributed by atoms with van der Waals surface area (Å²) in [6.07, 6.45) is -1.25. The number of anilines is 2. The molecule has 0 saturated carbocycles. The van der Waals surface area contributed by atoms with E-state index in [-0.39, 0.29) is 22.7 Å². The van der Waals surface area contributed by atoms with Crippen molar-refractivity contribution in [1.82, 2.24) is 9.80 Å². The molecular formula is C16H18ClN5O3. The molecule has 2 heterocycles. The molecule has 2 aliphatic heterocycles. The minimum absolute atomic E-state index is 0.0624. The second-order valence-electron chi connectivity index (χ2n) is 6.16. The number of hydrogen-bond acceptors (Lipinski definition) is 5. The summed E-state index contributed by atoms with van der Waals surface area (Å²) in [6.45, 7) is 3.35. The summed E-state index contributed by atoms with van der Waals surface area (Å²) < 4.78 is 0. The van der Waals surface area contributed by atoms with Crippen molar-refractivity contribution in [3.05, 3.63) is 22.7 Å². The molecular weight excluding hydrogens is 346 g/mol. The highest BCUT2D eigenvalue weighted by atomic mass is 35.5. The van der Waals surface area contributed by atoms with Gasteiger partial charge in [-0.05, 0) is 12.1 Å². The van der Waals surface area contributed by atoms with Crippen molar-refractivity contribution in [2.45, 2.75) is 6.04 Å².